The summed E-state index contributed by atoms with van der Waals surface area (Å²) in [7, 11) is 3.53. The molecule has 1 amide bonds. The van der Waals surface area contributed by atoms with Crippen LogP contribution in [0.5, 0.6) is 5.75 Å². The van der Waals surface area contributed by atoms with Crippen molar-refractivity contribution in [2.75, 3.05) is 13.7 Å². The zero-order valence-electron chi connectivity index (χ0n) is 16.4. The molecule has 148 valence electrons. The normalized spacial score (nSPS) is 12.0. The highest BCUT2D eigenvalue weighted by Crippen LogP contribution is 2.27. The number of ether oxygens (including phenoxy) is 1. The van der Waals surface area contributed by atoms with Gasteiger partial charge in [-0.1, -0.05) is 23.9 Å². The lowest BCUT2D eigenvalue weighted by Crippen LogP contribution is -2.32. The minimum Gasteiger partial charge on any atom is -0.497 e. The maximum Gasteiger partial charge on any atom is 0.233 e. The zero-order chi connectivity index (χ0) is 20.1. The Morgan fingerprint density at radius 1 is 1.29 bits per heavy atom. The van der Waals surface area contributed by atoms with Gasteiger partial charge in [-0.25, -0.2) is 0 Å². The lowest BCUT2D eigenvalue weighted by molar-refractivity contribution is -0.120. The monoisotopic (exact) mass is 400 g/mol. The number of hydrogen-bond acceptors (Lipinski definition) is 6. The molecule has 3 aromatic rings. The molecule has 0 aliphatic rings. The molecule has 0 aliphatic heterocycles. The molecule has 0 saturated heterocycles. The van der Waals surface area contributed by atoms with Gasteiger partial charge in [0.05, 0.1) is 24.2 Å². The Labute approximate surface area is 168 Å². The summed E-state index contributed by atoms with van der Waals surface area (Å²) in [6.45, 7) is 4.33. The molecule has 28 heavy (non-hydrogen) atoms. The number of nitrogens with zero attached hydrogens (tertiary/aromatic N) is 3. The SMILES string of the molecule is COc1ccc(CCNC(=O)[C@H](C)Sc2nnc(-c3ccoc3C)n2C)cc1. The van der Waals surface area contributed by atoms with Crippen LogP contribution in [0.25, 0.3) is 11.4 Å². The van der Waals surface area contributed by atoms with Gasteiger partial charge in [-0.05, 0) is 44.0 Å². The average molecular weight is 401 g/mol. The smallest absolute Gasteiger partial charge is 0.233 e. The van der Waals surface area contributed by atoms with Crippen molar-refractivity contribution in [3.8, 4) is 17.1 Å². The first-order valence-corrected chi connectivity index (χ1v) is 9.88. The van der Waals surface area contributed by atoms with Crippen molar-refractivity contribution < 1.29 is 13.9 Å². The highest BCUT2D eigenvalue weighted by atomic mass is 32.2. The first-order valence-electron chi connectivity index (χ1n) is 9.00. The number of furan rings is 1. The molecular weight excluding hydrogens is 376 g/mol. The Morgan fingerprint density at radius 3 is 2.68 bits per heavy atom. The summed E-state index contributed by atoms with van der Waals surface area (Å²) in [6, 6.07) is 9.71. The minimum absolute atomic E-state index is 0.0254. The van der Waals surface area contributed by atoms with E-state index >= 15 is 0 Å². The number of benzene rings is 1. The molecular formula is C20H24N4O3S. The van der Waals surface area contributed by atoms with E-state index in [9.17, 15) is 4.79 Å². The predicted molar refractivity (Wildman–Crippen MR) is 108 cm³/mol. The van der Waals surface area contributed by atoms with Crippen molar-refractivity contribution in [2.24, 2.45) is 7.05 Å². The van der Waals surface area contributed by atoms with Crippen molar-refractivity contribution >= 4 is 17.7 Å². The Bertz CT molecular complexity index is 933. The van der Waals surface area contributed by atoms with Crippen molar-refractivity contribution in [2.45, 2.75) is 30.7 Å². The van der Waals surface area contributed by atoms with Gasteiger partial charge in [-0.2, -0.15) is 0 Å². The number of hydrogen-bond donors (Lipinski definition) is 1. The second-order valence-corrected chi connectivity index (χ2v) is 7.71. The van der Waals surface area contributed by atoms with E-state index in [4.69, 9.17) is 9.15 Å². The molecule has 0 spiro atoms. The van der Waals surface area contributed by atoms with Gasteiger partial charge in [0, 0.05) is 13.6 Å². The maximum atomic E-state index is 12.4. The van der Waals surface area contributed by atoms with Gasteiger partial charge in [0.2, 0.25) is 5.91 Å². The molecule has 1 aromatic carbocycles. The number of rotatable bonds is 8. The van der Waals surface area contributed by atoms with Gasteiger partial charge < -0.3 is 19.0 Å². The molecule has 1 atom stereocenters. The van der Waals surface area contributed by atoms with Crippen LogP contribution >= 0.6 is 11.8 Å². The van der Waals surface area contributed by atoms with Crippen LogP contribution in [-0.2, 0) is 18.3 Å². The first-order chi connectivity index (χ1) is 13.5. The molecule has 1 N–H and O–H groups in total. The Morgan fingerprint density at radius 2 is 2.04 bits per heavy atom. The number of thioether (sulfide) groups is 1. The average Bonchev–Trinajstić information content (AvgIpc) is 3.27. The molecule has 0 radical (unpaired) electrons. The summed E-state index contributed by atoms with van der Waals surface area (Å²) < 4.78 is 12.4. The second-order valence-electron chi connectivity index (χ2n) is 6.40. The van der Waals surface area contributed by atoms with Crippen LogP contribution < -0.4 is 10.1 Å². The number of aryl methyl sites for hydroxylation is 1. The van der Waals surface area contributed by atoms with E-state index in [1.165, 1.54) is 11.8 Å². The fourth-order valence-electron chi connectivity index (χ4n) is 2.75. The topological polar surface area (TPSA) is 82.2 Å². The largest absolute Gasteiger partial charge is 0.497 e. The van der Waals surface area contributed by atoms with E-state index in [2.05, 4.69) is 15.5 Å². The van der Waals surface area contributed by atoms with Gasteiger partial charge in [0.15, 0.2) is 11.0 Å². The molecule has 0 bridgehead atoms. The van der Waals surface area contributed by atoms with E-state index < -0.39 is 0 Å². The minimum atomic E-state index is -0.280. The second kappa shape index (κ2) is 8.97. The number of carbonyl (C=O) groups excluding carboxylic acids is 1. The van der Waals surface area contributed by atoms with E-state index in [1.807, 2.05) is 55.8 Å². The number of nitrogens with one attached hydrogen (secondary N) is 1. The third kappa shape index (κ3) is 4.56. The van der Waals surface area contributed by atoms with E-state index in [-0.39, 0.29) is 11.2 Å². The summed E-state index contributed by atoms with van der Waals surface area (Å²) >= 11 is 1.38. The Hall–Kier alpha value is -2.74. The van der Waals surface area contributed by atoms with Crippen molar-refractivity contribution in [3.63, 3.8) is 0 Å². The lowest BCUT2D eigenvalue weighted by atomic mass is 10.1. The van der Waals surface area contributed by atoms with E-state index in [1.54, 1.807) is 13.4 Å². The van der Waals surface area contributed by atoms with E-state index in [0.717, 1.165) is 34.9 Å². The number of aromatic nitrogens is 3. The standard InChI is InChI=1S/C20H24N4O3S/c1-13-17(10-12-27-13)18-22-23-20(24(18)3)28-14(2)19(25)21-11-9-15-5-7-16(26-4)8-6-15/h5-8,10,12,14H,9,11H2,1-4H3,(H,21,25)/t14-/m0/s1. The van der Waals surface area contributed by atoms with Crippen molar-refractivity contribution in [3.05, 3.63) is 47.9 Å². The molecule has 3 rings (SSSR count). The molecule has 7 nitrogen and oxygen atoms in total. The van der Waals surface area contributed by atoms with Gasteiger partial charge in [-0.15, -0.1) is 10.2 Å². The highest BCUT2D eigenvalue weighted by Gasteiger charge is 2.20. The van der Waals surface area contributed by atoms with Gasteiger partial charge in [0.25, 0.3) is 0 Å². The fraction of sp³-hybridized carbons (Fsp3) is 0.350. The fourth-order valence-corrected chi connectivity index (χ4v) is 3.59. The van der Waals surface area contributed by atoms with Gasteiger partial charge in [0.1, 0.15) is 11.5 Å². The maximum absolute atomic E-state index is 12.4. The molecule has 2 aromatic heterocycles. The van der Waals surface area contributed by atoms with E-state index in [0.29, 0.717) is 11.7 Å². The summed E-state index contributed by atoms with van der Waals surface area (Å²) in [5.74, 6) is 2.31. The number of methoxy groups -OCH3 is 1. The molecule has 0 unspecified atom stereocenters. The Kier molecular flexibility index (Phi) is 6.41. The van der Waals surface area contributed by atoms with Crippen LogP contribution in [0.1, 0.15) is 18.2 Å². The van der Waals surface area contributed by atoms with Crippen LogP contribution in [0.4, 0.5) is 0 Å². The number of amides is 1. The van der Waals surface area contributed by atoms with Crippen LogP contribution in [0.3, 0.4) is 0 Å². The summed E-state index contributed by atoms with van der Waals surface area (Å²) in [4.78, 5) is 12.4. The zero-order valence-corrected chi connectivity index (χ0v) is 17.2. The quantitative estimate of drug-likeness (QED) is 0.585. The van der Waals surface area contributed by atoms with Gasteiger partial charge in [-0.3, -0.25) is 4.79 Å². The van der Waals surface area contributed by atoms with Crippen LogP contribution in [0.2, 0.25) is 0 Å². The van der Waals surface area contributed by atoms with Crippen molar-refractivity contribution in [1.82, 2.24) is 20.1 Å². The van der Waals surface area contributed by atoms with Gasteiger partial charge >= 0.3 is 0 Å². The Balaban J connectivity index is 1.53. The third-order valence-electron chi connectivity index (χ3n) is 4.46. The van der Waals surface area contributed by atoms with Crippen molar-refractivity contribution in [1.29, 1.82) is 0 Å². The molecule has 2 heterocycles. The van der Waals surface area contributed by atoms with Crippen LogP contribution in [0.15, 0.2) is 46.2 Å². The first kappa shape index (κ1) is 20.0. The third-order valence-corrected chi connectivity index (χ3v) is 5.59. The van der Waals surface area contributed by atoms with Crippen LogP contribution in [-0.4, -0.2) is 39.6 Å². The lowest BCUT2D eigenvalue weighted by Gasteiger charge is -2.12. The molecule has 8 heteroatoms. The highest BCUT2D eigenvalue weighted by molar-refractivity contribution is 8.00. The molecule has 0 aliphatic carbocycles. The molecule has 0 fully saturated rings. The predicted octanol–water partition coefficient (Wildman–Crippen LogP) is 3.23. The molecule has 0 saturated carbocycles. The summed E-state index contributed by atoms with van der Waals surface area (Å²) in [5, 5.41) is 11.8. The number of carbonyl (C=O) groups is 1. The summed E-state index contributed by atoms with van der Waals surface area (Å²) in [5.41, 5.74) is 2.05. The van der Waals surface area contributed by atoms with Crippen LogP contribution in [0, 0.1) is 6.92 Å². The summed E-state index contributed by atoms with van der Waals surface area (Å²) in [6.07, 6.45) is 2.39.